The highest BCUT2D eigenvalue weighted by atomic mass is 35.5. The Labute approximate surface area is 164 Å². The Balaban J connectivity index is 0.000000855. The molecule has 1 aromatic carbocycles. The number of nitrogens with zero attached hydrogens (tertiary/aromatic N) is 2. The van der Waals surface area contributed by atoms with Crippen molar-refractivity contribution in [3.8, 4) is 5.75 Å². The number of aliphatic carboxylic acids is 1. The van der Waals surface area contributed by atoms with Crippen molar-refractivity contribution in [1.82, 2.24) is 10.1 Å². The van der Waals surface area contributed by atoms with Crippen LogP contribution in [0.3, 0.4) is 0 Å². The van der Waals surface area contributed by atoms with Gasteiger partial charge >= 0.3 is 5.97 Å². The van der Waals surface area contributed by atoms with Crippen molar-refractivity contribution in [1.29, 1.82) is 0 Å². The van der Waals surface area contributed by atoms with Crippen LogP contribution in [-0.4, -0.2) is 21.2 Å². The van der Waals surface area contributed by atoms with Crippen LogP contribution in [0.5, 0.6) is 5.75 Å². The summed E-state index contributed by atoms with van der Waals surface area (Å²) in [7, 11) is 0. The van der Waals surface area contributed by atoms with Gasteiger partial charge in [0, 0.05) is 24.1 Å². The smallest absolute Gasteiger partial charge is 0.303 e. The summed E-state index contributed by atoms with van der Waals surface area (Å²) in [6.07, 6.45) is 1.96. The maximum absolute atomic E-state index is 10.7. The number of carboxylic acids is 1. The van der Waals surface area contributed by atoms with E-state index in [1.807, 2.05) is 45.9 Å². The lowest BCUT2D eigenvalue weighted by Crippen LogP contribution is -1.98. The standard InChI is InChI=1S/C16H13ClN2O4.2C2H6/c17-12-7-11-13(4-5-16(20)21)19-23-14(11)8-15(12)22-9-10-3-1-2-6-18-10;2*1-2/h1-3,6-8H,4-5,9H2,(H,20,21);2*1-2H3. The Hall–Kier alpha value is -2.60. The first-order valence-electron chi connectivity index (χ1n) is 8.96. The second kappa shape index (κ2) is 11.9. The van der Waals surface area contributed by atoms with Gasteiger partial charge in [0.2, 0.25) is 0 Å². The van der Waals surface area contributed by atoms with E-state index in [0.717, 1.165) is 5.69 Å². The van der Waals surface area contributed by atoms with E-state index in [2.05, 4.69) is 10.1 Å². The fourth-order valence-corrected chi connectivity index (χ4v) is 2.36. The van der Waals surface area contributed by atoms with Crippen LogP contribution in [0.15, 0.2) is 41.1 Å². The van der Waals surface area contributed by atoms with Crippen molar-refractivity contribution in [3.05, 3.63) is 52.9 Å². The van der Waals surface area contributed by atoms with E-state index in [0.29, 0.717) is 27.4 Å². The van der Waals surface area contributed by atoms with E-state index in [9.17, 15) is 4.79 Å². The fraction of sp³-hybridized carbons (Fsp3) is 0.350. The number of pyridine rings is 1. The Morgan fingerprint density at radius 2 is 1.96 bits per heavy atom. The highest BCUT2D eigenvalue weighted by Gasteiger charge is 2.14. The fourth-order valence-electron chi connectivity index (χ4n) is 2.14. The van der Waals surface area contributed by atoms with E-state index >= 15 is 0 Å². The number of benzene rings is 1. The van der Waals surface area contributed by atoms with Crippen LogP contribution in [-0.2, 0) is 17.8 Å². The minimum atomic E-state index is -0.887. The van der Waals surface area contributed by atoms with E-state index in [1.54, 1.807) is 18.3 Å². The largest absolute Gasteiger partial charge is 0.486 e. The molecule has 0 atom stereocenters. The Bertz CT molecular complexity index is 835. The molecular weight excluding hydrogens is 368 g/mol. The summed E-state index contributed by atoms with van der Waals surface area (Å²) in [6, 6.07) is 8.89. The molecular formula is C20H25ClN2O4. The number of carbonyl (C=O) groups is 1. The average molecular weight is 393 g/mol. The van der Waals surface area contributed by atoms with Crippen LogP contribution in [0.25, 0.3) is 11.0 Å². The first-order chi connectivity index (χ1) is 13.1. The lowest BCUT2D eigenvalue weighted by atomic mass is 10.1. The van der Waals surface area contributed by atoms with Crippen molar-refractivity contribution in [2.45, 2.75) is 47.1 Å². The molecule has 7 heteroatoms. The number of halogens is 1. The molecule has 0 fully saturated rings. The SMILES string of the molecule is CC.CC.O=C(O)CCc1noc2cc(OCc3ccccn3)c(Cl)cc12. The van der Waals surface area contributed by atoms with Gasteiger partial charge in [-0.25, -0.2) is 0 Å². The highest BCUT2D eigenvalue weighted by molar-refractivity contribution is 6.32. The predicted octanol–water partition coefficient (Wildman–Crippen LogP) is 5.52. The van der Waals surface area contributed by atoms with Gasteiger partial charge < -0.3 is 14.4 Å². The number of hydrogen-bond acceptors (Lipinski definition) is 5. The molecule has 0 aliphatic rings. The summed E-state index contributed by atoms with van der Waals surface area (Å²) < 4.78 is 10.9. The molecule has 146 valence electrons. The number of aromatic nitrogens is 2. The predicted molar refractivity (Wildman–Crippen MR) is 106 cm³/mol. The molecule has 0 bridgehead atoms. The molecule has 0 spiro atoms. The Morgan fingerprint density at radius 1 is 1.22 bits per heavy atom. The van der Waals surface area contributed by atoms with Crippen LogP contribution < -0.4 is 4.74 Å². The minimum absolute atomic E-state index is 0.0167. The number of hydrogen-bond donors (Lipinski definition) is 1. The Kier molecular flexibility index (Phi) is 9.90. The van der Waals surface area contributed by atoms with Gasteiger partial charge in [0.05, 0.1) is 22.8 Å². The van der Waals surface area contributed by atoms with Gasteiger partial charge in [0.15, 0.2) is 5.58 Å². The van der Waals surface area contributed by atoms with Gasteiger partial charge in [0.1, 0.15) is 12.4 Å². The quantitative estimate of drug-likeness (QED) is 0.594. The number of rotatable bonds is 6. The molecule has 3 aromatic rings. The van der Waals surface area contributed by atoms with Gasteiger partial charge in [-0.3, -0.25) is 9.78 Å². The van der Waals surface area contributed by atoms with E-state index in [-0.39, 0.29) is 19.4 Å². The topological polar surface area (TPSA) is 85.5 Å². The third-order valence-electron chi connectivity index (χ3n) is 3.28. The first kappa shape index (κ1) is 22.4. The van der Waals surface area contributed by atoms with Crippen LogP contribution in [0, 0.1) is 0 Å². The minimum Gasteiger partial charge on any atom is -0.486 e. The maximum Gasteiger partial charge on any atom is 0.303 e. The number of carboxylic acid groups (broad SMARTS) is 1. The van der Waals surface area contributed by atoms with Crippen molar-refractivity contribution in [2.24, 2.45) is 0 Å². The summed E-state index contributed by atoms with van der Waals surface area (Å²) in [6.45, 7) is 8.28. The molecule has 2 aromatic heterocycles. The summed E-state index contributed by atoms with van der Waals surface area (Å²) >= 11 is 6.23. The summed E-state index contributed by atoms with van der Waals surface area (Å²) in [5, 5.41) is 13.8. The molecule has 0 radical (unpaired) electrons. The molecule has 27 heavy (non-hydrogen) atoms. The van der Waals surface area contributed by atoms with E-state index < -0.39 is 5.97 Å². The zero-order chi connectivity index (χ0) is 20.2. The molecule has 0 amide bonds. The summed E-state index contributed by atoms with van der Waals surface area (Å²) in [5.74, 6) is -0.423. The van der Waals surface area contributed by atoms with Crippen LogP contribution in [0.4, 0.5) is 0 Å². The number of aryl methyl sites for hydroxylation is 1. The third kappa shape index (κ3) is 6.57. The second-order valence-corrected chi connectivity index (χ2v) is 5.32. The van der Waals surface area contributed by atoms with E-state index in [1.165, 1.54) is 0 Å². The lowest BCUT2D eigenvalue weighted by Gasteiger charge is -2.07. The average Bonchev–Trinajstić information content (AvgIpc) is 3.10. The van der Waals surface area contributed by atoms with Crippen LogP contribution >= 0.6 is 11.6 Å². The van der Waals surface area contributed by atoms with Crippen molar-refractivity contribution in [2.75, 3.05) is 0 Å². The van der Waals surface area contributed by atoms with Gasteiger partial charge in [-0.15, -0.1) is 0 Å². The lowest BCUT2D eigenvalue weighted by molar-refractivity contribution is -0.136. The van der Waals surface area contributed by atoms with Crippen molar-refractivity contribution >= 4 is 28.5 Å². The zero-order valence-electron chi connectivity index (χ0n) is 16.0. The van der Waals surface area contributed by atoms with Crippen LogP contribution in [0.2, 0.25) is 5.02 Å². The molecule has 0 saturated carbocycles. The van der Waals surface area contributed by atoms with Gasteiger partial charge in [-0.1, -0.05) is 50.5 Å². The highest BCUT2D eigenvalue weighted by Crippen LogP contribution is 2.32. The normalized spacial score (nSPS) is 9.67. The van der Waals surface area contributed by atoms with Gasteiger partial charge in [-0.2, -0.15) is 0 Å². The molecule has 0 unspecified atom stereocenters. The first-order valence-corrected chi connectivity index (χ1v) is 9.33. The summed E-state index contributed by atoms with van der Waals surface area (Å²) in [4.78, 5) is 14.8. The molecule has 0 saturated heterocycles. The van der Waals surface area contributed by atoms with Crippen molar-refractivity contribution < 1.29 is 19.2 Å². The van der Waals surface area contributed by atoms with E-state index in [4.69, 9.17) is 26.0 Å². The van der Waals surface area contributed by atoms with Gasteiger partial charge in [0.25, 0.3) is 0 Å². The Morgan fingerprint density at radius 3 is 2.59 bits per heavy atom. The van der Waals surface area contributed by atoms with Gasteiger partial charge in [-0.05, 0) is 18.2 Å². The zero-order valence-corrected chi connectivity index (χ0v) is 16.8. The molecule has 0 aliphatic heterocycles. The molecule has 0 aliphatic carbocycles. The molecule has 2 heterocycles. The van der Waals surface area contributed by atoms with Crippen LogP contribution in [0.1, 0.15) is 45.5 Å². The number of ether oxygens (including phenoxy) is 1. The molecule has 3 rings (SSSR count). The number of fused-ring (bicyclic) bond motifs is 1. The molecule has 1 N–H and O–H groups in total. The second-order valence-electron chi connectivity index (χ2n) is 4.91. The maximum atomic E-state index is 10.7. The summed E-state index contributed by atoms with van der Waals surface area (Å²) in [5.41, 5.74) is 1.86. The molecule has 6 nitrogen and oxygen atoms in total. The third-order valence-corrected chi connectivity index (χ3v) is 3.57. The monoisotopic (exact) mass is 392 g/mol. The van der Waals surface area contributed by atoms with Crippen molar-refractivity contribution in [3.63, 3.8) is 0 Å².